The van der Waals surface area contributed by atoms with E-state index >= 15 is 0 Å². The maximum absolute atomic E-state index is 10.9. The molecule has 0 aliphatic carbocycles. The van der Waals surface area contributed by atoms with Crippen LogP contribution in [-0.2, 0) is 14.9 Å². The highest BCUT2D eigenvalue weighted by molar-refractivity contribution is 9.09. The molecule has 0 aliphatic heterocycles. The Labute approximate surface area is 85.3 Å². The first-order valence-electron chi connectivity index (χ1n) is 3.43. The Hall–Kier alpha value is -0.340. The predicted molar refractivity (Wildman–Crippen MR) is 50.9 cm³/mol. The van der Waals surface area contributed by atoms with Crippen molar-refractivity contribution in [1.82, 2.24) is 9.44 Å². The van der Waals surface area contributed by atoms with Gasteiger partial charge in [0.2, 0.25) is 0 Å². The zero-order valence-corrected chi connectivity index (χ0v) is 9.44. The Kier molecular flexibility index (Phi) is 6.00. The molecule has 0 bridgehead atoms. The maximum Gasteiger partial charge on any atom is 0.421 e. The molecule has 2 N–H and O–H groups in total. The summed E-state index contributed by atoms with van der Waals surface area (Å²) in [6, 6.07) is 0. The Balaban J connectivity index is 3.88. The van der Waals surface area contributed by atoms with Gasteiger partial charge in [-0.3, -0.25) is 0 Å². The van der Waals surface area contributed by atoms with Crippen LogP contribution < -0.4 is 9.44 Å². The lowest BCUT2D eigenvalue weighted by atomic mass is 10.5. The summed E-state index contributed by atoms with van der Waals surface area (Å²) in [5.41, 5.74) is 0. The van der Waals surface area contributed by atoms with Crippen LogP contribution in [0.5, 0.6) is 0 Å². The number of carbonyl (C=O) groups is 1. The number of halogens is 1. The van der Waals surface area contributed by atoms with Crippen molar-refractivity contribution < 1.29 is 17.9 Å². The lowest BCUT2D eigenvalue weighted by Gasteiger charge is -2.05. The smallest absolute Gasteiger partial charge is 0.421 e. The van der Waals surface area contributed by atoms with Crippen molar-refractivity contribution >= 4 is 32.2 Å². The molecule has 6 nitrogen and oxygen atoms in total. The van der Waals surface area contributed by atoms with Crippen molar-refractivity contribution in [3.8, 4) is 0 Å². The first-order valence-corrected chi connectivity index (χ1v) is 6.03. The van der Waals surface area contributed by atoms with Gasteiger partial charge in [0.25, 0.3) is 0 Å². The molecule has 0 aliphatic rings. The third kappa shape index (κ3) is 6.79. The molecule has 0 fully saturated rings. The van der Waals surface area contributed by atoms with E-state index in [1.165, 1.54) is 0 Å². The highest BCUT2D eigenvalue weighted by Gasteiger charge is 2.12. The largest absolute Gasteiger partial charge is 0.452 e. The minimum absolute atomic E-state index is 0.261. The zero-order chi connectivity index (χ0) is 10.3. The standard InChI is InChI=1S/C5H11BrN2O4S/c1-12-5(9)8-13(10,11)7-4-2-3-6/h7H,2-4H2,1H3,(H,8,9). The van der Waals surface area contributed by atoms with E-state index in [-0.39, 0.29) is 6.54 Å². The van der Waals surface area contributed by atoms with Crippen molar-refractivity contribution in [2.45, 2.75) is 6.42 Å². The summed E-state index contributed by atoms with van der Waals surface area (Å²) in [4.78, 5) is 10.5. The van der Waals surface area contributed by atoms with Gasteiger partial charge < -0.3 is 4.74 Å². The lowest BCUT2D eigenvalue weighted by molar-refractivity contribution is 0.177. The van der Waals surface area contributed by atoms with Crippen LogP contribution >= 0.6 is 15.9 Å². The van der Waals surface area contributed by atoms with E-state index in [4.69, 9.17) is 0 Å². The van der Waals surface area contributed by atoms with Gasteiger partial charge in [0.05, 0.1) is 7.11 Å². The maximum atomic E-state index is 10.9. The lowest BCUT2D eigenvalue weighted by Crippen LogP contribution is -2.40. The number of nitrogens with one attached hydrogen (secondary N) is 2. The molecule has 0 heterocycles. The summed E-state index contributed by atoms with van der Waals surface area (Å²) < 4.78 is 29.8. The number of methoxy groups -OCH3 is 1. The van der Waals surface area contributed by atoms with E-state index in [1.54, 1.807) is 4.72 Å². The highest BCUT2D eigenvalue weighted by atomic mass is 79.9. The second-order valence-electron chi connectivity index (χ2n) is 2.03. The van der Waals surface area contributed by atoms with Crippen LogP contribution in [0.1, 0.15) is 6.42 Å². The number of rotatable bonds is 5. The van der Waals surface area contributed by atoms with Crippen LogP contribution in [-0.4, -0.2) is 33.5 Å². The van der Waals surface area contributed by atoms with Gasteiger partial charge in [0, 0.05) is 11.9 Å². The summed E-state index contributed by atoms with van der Waals surface area (Å²) in [5.74, 6) is 0. The van der Waals surface area contributed by atoms with Crippen LogP contribution in [0.15, 0.2) is 0 Å². The first-order chi connectivity index (χ1) is 6.02. The van der Waals surface area contributed by atoms with Gasteiger partial charge in [0.15, 0.2) is 0 Å². The predicted octanol–water partition coefficient (Wildman–Crippen LogP) is -0.0382. The molecule has 0 saturated carbocycles. The van der Waals surface area contributed by atoms with E-state index in [0.29, 0.717) is 11.8 Å². The number of ether oxygens (including phenoxy) is 1. The summed E-state index contributed by atoms with van der Waals surface area (Å²) in [5, 5.41) is 0.688. The van der Waals surface area contributed by atoms with E-state index < -0.39 is 16.3 Å². The summed E-state index contributed by atoms with van der Waals surface area (Å²) in [7, 11) is -2.67. The molecule has 0 aromatic carbocycles. The quantitative estimate of drug-likeness (QED) is 0.544. The van der Waals surface area contributed by atoms with Crippen molar-refractivity contribution in [1.29, 1.82) is 0 Å². The van der Waals surface area contributed by atoms with Crippen molar-refractivity contribution in [3.05, 3.63) is 0 Å². The summed E-state index contributed by atoms with van der Waals surface area (Å²) >= 11 is 3.13. The summed E-state index contributed by atoms with van der Waals surface area (Å²) in [6.07, 6.45) is -0.367. The molecule has 0 aromatic heterocycles. The summed E-state index contributed by atoms with van der Waals surface area (Å²) in [6.45, 7) is 0.261. The number of alkyl halides is 1. The van der Waals surface area contributed by atoms with Gasteiger partial charge >= 0.3 is 16.3 Å². The molecule has 0 spiro atoms. The second-order valence-corrected chi connectivity index (χ2v) is 4.33. The third-order valence-corrected chi connectivity index (χ3v) is 2.59. The van der Waals surface area contributed by atoms with Crippen LogP contribution in [0.3, 0.4) is 0 Å². The second kappa shape index (κ2) is 6.17. The molecule has 78 valence electrons. The van der Waals surface area contributed by atoms with Crippen LogP contribution in [0.2, 0.25) is 0 Å². The number of hydrogen-bond donors (Lipinski definition) is 2. The minimum Gasteiger partial charge on any atom is -0.452 e. The monoisotopic (exact) mass is 274 g/mol. The average molecular weight is 275 g/mol. The van der Waals surface area contributed by atoms with Gasteiger partial charge in [-0.25, -0.2) is 9.52 Å². The molecule has 8 heteroatoms. The Bertz CT molecular complexity index is 253. The molecule has 0 radical (unpaired) electrons. The van der Waals surface area contributed by atoms with E-state index in [2.05, 4.69) is 25.4 Å². The fraction of sp³-hybridized carbons (Fsp3) is 0.800. The third-order valence-electron chi connectivity index (χ3n) is 1.01. The van der Waals surface area contributed by atoms with Gasteiger partial charge in [-0.05, 0) is 6.42 Å². The number of amides is 1. The fourth-order valence-electron chi connectivity index (χ4n) is 0.461. The van der Waals surface area contributed by atoms with E-state index in [0.717, 1.165) is 7.11 Å². The molecular formula is C5H11BrN2O4S. The Morgan fingerprint density at radius 2 is 2.15 bits per heavy atom. The fourth-order valence-corrected chi connectivity index (χ4v) is 1.53. The molecular weight excluding hydrogens is 264 g/mol. The van der Waals surface area contributed by atoms with Crippen LogP contribution in [0, 0.1) is 0 Å². The van der Waals surface area contributed by atoms with Gasteiger partial charge in [-0.15, -0.1) is 0 Å². The Morgan fingerprint density at radius 1 is 1.54 bits per heavy atom. The topological polar surface area (TPSA) is 84.5 Å². The minimum atomic E-state index is -3.76. The van der Waals surface area contributed by atoms with Crippen molar-refractivity contribution in [2.24, 2.45) is 0 Å². The van der Waals surface area contributed by atoms with Crippen LogP contribution in [0.4, 0.5) is 4.79 Å². The van der Waals surface area contributed by atoms with Crippen LogP contribution in [0.25, 0.3) is 0 Å². The molecule has 1 amide bonds. The molecule has 0 aromatic rings. The molecule has 0 saturated heterocycles. The van der Waals surface area contributed by atoms with Gasteiger partial charge in [-0.2, -0.15) is 13.1 Å². The first kappa shape index (κ1) is 12.7. The van der Waals surface area contributed by atoms with Gasteiger partial charge in [0.1, 0.15) is 0 Å². The van der Waals surface area contributed by atoms with Crippen molar-refractivity contribution in [3.63, 3.8) is 0 Å². The number of hydrogen-bond acceptors (Lipinski definition) is 4. The molecule has 0 rings (SSSR count). The zero-order valence-electron chi connectivity index (χ0n) is 7.04. The number of carbonyl (C=O) groups excluding carboxylic acids is 1. The van der Waals surface area contributed by atoms with Gasteiger partial charge in [-0.1, -0.05) is 15.9 Å². The van der Waals surface area contributed by atoms with E-state index in [1.807, 2.05) is 0 Å². The SMILES string of the molecule is COC(=O)NS(=O)(=O)NCCCBr. The highest BCUT2D eigenvalue weighted by Crippen LogP contribution is 1.86. The molecule has 13 heavy (non-hydrogen) atoms. The normalized spacial score (nSPS) is 10.9. The van der Waals surface area contributed by atoms with E-state index in [9.17, 15) is 13.2 Å². The van der Waals surface area contributed by atoms with Crippen molar-refractivity contribution in [2.75, 3.05) is 19.0 Å². The average Bonchev–Trinajstić information content (AvgIpc) is 2.03. The molecule has 0 unspecified atom stereocenters. The Morgan fingerprint density at radius 3 is 2.62 bits per heavy atom. The molecule has 0 atom stereocenters.